The van der Waals surface area contributed by atoms with Gasteiger partial charge in [0.1, 0.15) is 11.6 Å². The fourth-order valence-electron chi connectivity index (χ4n) is 2.62. The minimum atomic E-state index is -0.294. The van der Waals surface area contributed by atoms with Crippen molar-refractivity contribution in [1.82, 2.24) is 0 Å². The van der Waals surface area contributed by atoms with Crippen LogP contribution in [0.2, 0.25) is 0 Å². The minimum Gasteiger partial charge on any atom is -0.497 e. The number of fused-ring (bicyclic) bond motifs is 1. The lowest BCUT2D eigenvalue weighted by atomic mass is 9.86. The van der Waals surface area contributed by atoms with Gasteiger partial charge in [0.15, 0.2) is 5.78 Å². The second kappa shape index (κ2) is 5.52. The molecule has 0 atom stereocenters. The Bertz CT molecular complexity index is 732. The summed E-state index contributed by atoms with van der Waals surface area (Å²) in [6.45, 7) is 0. The van der Waals surface area contributed by atoms with Crippen molar-refractivity contribution in [3.8, 4) is 5.75 Å². The van der Waals surface area contributed by atoms with Crippen LogP contribution in [-0.4, -0.2) is 12.9 Å². The first-order valence-corrected chi connectivity index (χ1v) is 6.85. The highest BCUT2D eigenvalue weighted by Crippen LogP contribution is 2.29. The molecule has 21 heavy (non-hydrogen) atoms. The number of hydrogen-bond acceptors (Lipinski definition) is 2. The quantitative estimate of drug-likeness (QED) is 0.777. The van der Waals surface area contributed by atoms with E-state index >= 15 is 0 Å². The monoisotopic (exact) mass is 282 g/mol. The van der Waals surface area contributed by atoms with Crippen molar-refractivity contribution in [2.24, 2.45) is 0 Å². The molecule has 0 aromatic heterocycles. The topological polar surface area (TPSA) is 26.3 Å². The van der Waals surface area contributed by atoms with E-state index < -0.39 is 0 Å². The second-order valence-electron chi connectivity index (χ2n) is 5.08. The maximum absolute atomic E-state index is 13.2. The number of aryl methyl sites for hydroxylation is 1. The molecule has 0 aliphatic heterocycles. The number of carbonyl (C=O) groups excluding carboxylic acids is 1. The lowest BCUT2D eigenvalue weighted by molar-refractivity contribution is 0.102. The molecule has 2 nitrogen and oxygen atoms in total. The van der Waals surface area contributed by atoms with Gasteiger partial charge in [-0.3, -0.25) is 4.79 Å². The average Bonchev–Trinajstić information content (AvgIpc) is 2.50. The molecule has 2 aromatic rings. The number of ether oxygens (including phenoxy) is 1. The SMILES string of the molecule is COc1ccc2c(c1)CCC(=Cc1cccc(F)c1)C2=O. The fourth-order valence-corrected chi connectivity index (χ4v) is 2.62. The largest absolute Gasteiger partial charge is 0.497 e. The van der Waals surface area contributed by atoms with Gasteiger partial charge in [-0.15, -0.1) is 0 Å². The summed E-state index contributed by atoms with van der Waals surface area (Å²) in [5, 5.41) is 0. The Kier molecular flexibility index (Phi) is 3.57. The Balaban J connectivity index is 1.95. The normalized spacial score (nSPS) is 15.9. The molecule has 0 bridgehead atoms. The third kappa shape index (κ3) is 2.72. The molecule has 0 N–H and O–H groups in total. The lowest BCUT2D eigenvalue weighted by Crippen LogP contribution is -2.14. The van der Waals surface area contributed by atoms with Crippen LogP contribution in [0.5, 0.6) is 5.75 Å². The van der Waals surface area contributed by atoms with Crippen LogP contribution in [0, 0.1) is 5.82 Å². The van der Waals surface area contributed by atoms with Crippen molar-refractivity contribution < 1.29 is 13.9 Å². The molecule has 0 unspecified atom stereocenters. The van der Waals surface area contributed by atoms with E-state index in [4.69, 9.17) is 4.74 Å². The molecule has 3 rings (SSSR count). The van der Waals surface area contributed by atoms with Gasteiger partial charge in [0.25, 0.3) is 0 Å². The molecule has 0 saturated heterocycles. The van der Waals surface area contributed by atoms with Crippen LogP contribution in [-0.2, 0) is 6.42 Å². The number of ketones is 1. The molecule has 1 aliphatic rings. The van der Waals surface area contributed by atoms with E-state index in [1.807, 2.05) is 6.07 Å². The van der Waals surface area contributed by atoms with Crippen LogP contribution in [0.15, 0.2) is 48.0 Å². The Hall–Kier alpha value is -2.42. The predicted octanol–water partition coefficient (Wildman–Crippen LogP) is 4.05. The van der Waals surface area contributed by atoms with E-state index in [9.17, 15) is 9.18 Å². The molecule has 2 aromatic carbocycles. The smallest absolute Gasteiger partial charge is 0.189 e. The summed E-state index contributed by atoms with van der Waals surface area (Å²) in [5.41, 5.74) is 3.16. The number of benzene rings is 2. The third-order valence-corrected chi connectivity index (χ3v) is 3.70. The Morgan fingerprint density at radius 2 is 2.00 bits per heavy atom. The first-order chi connectivity index (χ1) is 10.2. The van der Waals surface area contributed by atoms with Gasteiger partial charge >= 0.3 is 0 Å². The highest BCUT2D eigenvalue weighted by Gasteiger charge is 2.22. The number of halogens is 1. The van der Waals surface area contributed by atoms with Crippen LogP contribution in [0.4, 0.5) is 4.39 Å². The highest BCUT2D eigenvalue weighted by molar-refractivity contribution is 6.13. The van der Waals surface area contributed by atoms with Gasteiger partial charge < -0.3 is 4.74 Å². The number of allylic oxidation sites excluding steroid dienone is 1. The fraction of sp³-hybridized carbons (Fsp3) is 0.167. The molecule has 0 fully saturated rings. The van der Waals surface area contributed by atoms with E-state index in [2.05, 4.69) is 0 Å². The third-order valence-electron chi connectivity index (χ3n) is 3.70. The second-order valence-corrected chi connectivity index (χ2v) is 5.08. The Labute approximate surface area is 122 Å². The zero-order valence-corrected chi connectivity index (χ0v) is 11.7. The summed E-state index contributed by atoms with van der Waals surface area (Å²) in [6, 6.07) is 11.8. The van der Waals surface area contributed by atoms with Crippen molar-refractivity contribution in [2.45, 2.75) is 12.8 Å². The molecule has 0 heterocycles. The van der Waals surface area contributed by atoms with Crippen molar-refractivity contribution in [2.75, 3.05) is 7.11 Å². The zero-order chi connectivity index (χ0) is 14.8. The first-order valence-electron chi connectivity index (χ1n) is 6.85. The molecule has 0 radical (unpaired) electrons. The van der Waals surface area contributed by atoms with Crippen LogP contribution >= 0.6 is 0 Å². The summed E-state index contributed by atoms with van der Waals surface area (Å²) >= 11 is 0. The average molecular weight is 282 g/mol. The number of carbonyl (C=O) groups is 1. The number of rotatable bonds is 2. The summed E-state index contributed by atoms with van der Waals surface area (Å²) in [6.07, 6.45) is 3.23. The van der Waals surface area contributed by atoms with Gasteiger partial charge in [0.2, 0.25) is 0 Å². The summed E-state index contributed by atoms with van der Waals surface area (Å²) in [7, 11) is 1.61. The Morgan fingerprint density at radius 1 is 1.14 bits per heavy atom. The van der Waals surface area contributed by atoms with Crippen LogP contribution in [0.25, 0.3) is 6.08 Å². The number of hydrogen-bond donors (Lipinski definition) is 0. The molecule has 0 spiro atoms. The van der Waals surface area contributed by atoms with Crippen LogP contribution in [0.3, 0.4) is 0 Å². The van der Waals surface area contributed by atoms with Gasteiger partial charge in [-0.1, -0.05) is 12.1 Å². The maximum Gasteiger partial charge on any atom is 0.189 e. The zero-order valence-electron chi connectivity index (χ0n) is 11.7. The van der Waals surface area contributed by atoms with Gasteiger partial charge in [0.05, 0.1) is 7.11 Å². The predicted molar refractivity (Wildman–Crippen MR) is 80.0 cm³/mol. The van der Waals surface area contributed by atoms with Crippen molar-refractivity contribution in [3.63, 3.8) is 0 Å². The standard InChI is InChI=1S/C18H15FO2/c1-21-16-7-8-17-13(11-16)5-6-14(18(17)20)9-12-3-2-4-15(19)10-12/h2-4,7-11H,5-6H2,1H3. The number of methoxy groups -OCH3 is 1. The van der Waals surface area contributed by atoms with Gasteiger partial charge in [0, 0.05) is 11.1 Å². The van der Waals surface area contributed by atoms with Crippen LogP contribution in [0.1, 0.15) is 27.9 Å². The van der Waals surface area contributed by atoms with Crippen molar-refractivity contribution in [3.05, 3.63) is 70.5 Å². The summed E-state index contributed by atoms with van der Waals surface area (Å²) in [4.78, 5) is 12.5. The lowest BCUT2D eigenvalue weighted by Gasteiger charge is -2.18. The van der Waals surface area contributed by atoms with Gasteiger partial charge in [-0.05, 0) is 60.4 Å². The molecule has 106 valence electrons. The molecule has 3 heteroatoms. The molecule has 1 aliphatic carbocycles. The first kappa shape index (κ1) is 13.6. The molecule has 0 saturated carbocycles. The molecular weight excluding hydrogens is 267 g/mol. The van der Waals surface area contributed by atoms with E-state index in [0.29, 0.717) is 12.0 Å². The molecular formula is C18H15FO2. The maximum atomic E-state index is 13.2. The van der Waals surface area contributed by atoms with E-state index in [1.54, 1.807) is 37.5 Å². The summed E-state index contributed by atoms with van der Waals surface area (Å²) in [5.74, 6) is 0.486. The molecule has 0 amide bonds. The van der Waals surface area contributed by atoms with E-state index in [1.165, 1.54) is 12.1 Å². The van der Waals surface area contributed by atoms with E-state index in [0.717, 1.165) is 28.9 Å². The van der Waals surface area contributed by atoms with Gasteiger partial charge in [-0.2, -0.15) is 0 Å². The van der Waals surface area contributed by atoms with Crippen LogP contribution < -0.4 is 4.74 Å². The number of Topliss-reactive ketones (excluding diaryl/α,β-unsaturated/α-hetero) is 1. The minimum absolute atomic E-state index is 0.0168. The Morgan fingerprint density at radius 3 is 2.76 bits per heavy atom. The van der Waals surface area contributed by atoms with Gasteiger partial charge in [-0.25, -0.2) is 4.39 Å². The van der Waals surface area contributed by atoms with E-state index in [-0.39, 0.29) is 11.6 Å². The van der Waals surface area contributed by atoms with Crippen molar-refractivity contribution >= 4 is 11.9 Å². The van der Waals surface area contributed by atoms with Crippen molar-refractivity contribution in [1.29, 1.82) is 0 Å². The summed E-state index contributed by atoms with van der Waals surface area (Å²) < 4.78 is 18.4. The highest BCUT2D eigenvalue weighted by atomic mass is 19.1.